The molecule has 1 aromatic heterocycles. The molecule has 7 heteroatoms. The van der Waals surface area contributed by atoms with Crippen LogP contribution < -0.4 is 10.6 Å². The van der Waals surface area contributed by atoms with Crippen molar-refractivity contribution in [2.24, 2.45) is 0 Å². The van der Waals surface area contributed by atoms with E-state index in [4.69, 9.17) is 4.74 Å². The molecular weight excluding hydrogens is 454 g/mol. The standard InChI is InChI=1S/C29H27N3O4/c1-20-10-12-21(13-11-20)18-30-29(35)24-7-3-5-9-26(24)32-27(33)19-36-28(34)17-16-23-15-14-22-6-2-4-8-25(22)31-23/h2-15H,16-19H2,1H3,(H,30,35)(H,32,33). The Morgan fingerprint density at radius 1 is 0.861 bits per heavy atom. The molecule has 0 atom stereocenters. The molecule has 0 fully saturated rings. The zero-order chi connectivity index (χ0) is 25.3. The highest BCUT2D eigenvalue weighted by Crippen LogP contribution is 2.16. The van der Waals surface area contributed by atoms with Crippen molar-refractivity contribution in [3.63, 3.8) is 0 Å². The van der Waals surface area contributed by atoms with E-state index in [0.717, 1.165) is 27.7 Å². The molecule has 0 bridgehead atoms. The molecule has 0 saturated heterocycles. The van der Waals surface area contributed by atoms with Crippen LogP contribution in [-0.2, 0) is 27.3 Å². The normalized spacial score (nSPS) is 10.6. The van der Waals surface area contributed by atoms with Crippen LogP contribution in [0.2, 0.25) is 0 Å². The van der Waals surface area contributed by atoms with Crippen molar-refractivity contribution in [1.29, 1.82) is 0 Å². The van der Waals surface area contributed by atoms with Gasteiger partial charge in [-0.1, -0.05) is 66.2 Å². The molecule has 4 aromatic rings. The molecule has 7 nitrogen and oxygen atoms in total. The average Bonchev–Trinajstić information content (AvgIpc) is 2.90. The smallest absolute Gasteiger partial charge is 0.306 e. The van der Waals surface area contributed by atoms with E-state index in [1.165, 1.54) is 0 Å². The van der Waals surface area contributed by atoms with Gasteiger partial charge in [0.2, 0.25) is 0 Å². The van der Waals surface area contributed by atoms with Crippen molar-refractivity contribution in [1.82, 2.24) is 10.3 Å². The second-order valence-electron chi connectivity index (χ2n) is 8.42. The Hall–Kier alpha value is -4.52. The minimum Gasteiger partial charge on any atom is -0.456 e. The van der Waals surface area contributed by atoms with Gasteiger partial charge in [-0.15, -0.1) is 0 Å². The van der Waals surface area contributed by atoms with E-state index in [0.29, 0.717) is 24.2 Å². The first-order chi connectivity index (χ1) is 17.5. The van der Waals surface area contributed by atoms with Crippen LogP contribution in [0.15, 0.2) is 84.9 Å². The molecule has 4 rings (SSSR count). The van der Waals surface area contributed by atoms with Gasteiger partial charge in [0, 0.05) is 24.0 Å². The highest BCUT2D eigenvalue weighted by molar-refractivity contribution is 6.04. The molecule has 36 heavy (non-hydrogen) atoms. The maximum absolute atomic E-state index is 12.7. The number of para-hydroxylation sites is 2. The number of hydrogen-bond donors (Lipinski definition) is 2. The molecule has 182 valence electrons. The fourth-order valence-electron chi connectivity index (χ4n) is 3.66. The van der Waals surface area contributed by atoms with Crippen LogP contribution in [0.3, 0.4) is 0 Å². The Bertz CT molecular complexity index is 1380. The van der Waals surface area contributed by atoms with Crippen LogP contribution in [0.25, 0.3) is 10.9 Å². The molecule has 0 aliphatic heterocycles. The number of rotatable bonds is 9. The fourth-order valence-corrected chi connectivity index (χ4v) is 3.66. The van der Waals surface area contributed by atoms with Gasteiger partial charge in [-0.2, -0.15) is 0 Å². The molecule has 2 N–H and O–H groups in total. The Morgan fingerprint density at radius 2 is 1.61 bits per heavy atom. The van der Waals surface area contributed by atoms with Gasteiger partial charge in [0.05, 0.1) is 23.2 Å². The second kappa shape index (κ2) is 11.8. The minimum atomic E-state index is -0.522. The summed E-state index contributed by atoms with van der Waals surface area (Å²) in [6.07, 6.45) is 0.520. The zero-order valence-corrected chi connectivity index (χ0v) is 20.0. The molecule has 0 saturated carbocycles. The van der Waals surface area contributed by atoms with Gasteiger partial charge in [0.25, 0.3) is 11.8 Å². The lowest BCUT2D eigenvalue weighted by atomic mass is 10.1. The van der Waals surface area contributed by atoms with Crippen molar-refractivity contribution in [3.05, 3.63) is 107 Å². The first-order valence-electron chi connectivity index (χ1n) is 11.7. The first-order valence-corrected chi connectivity index (χ1v) is 11.7. The van der Waals surface area contributed by atoms with E-state index in [9.17, 15) is 14.4 Å². The first kappa shape index (κ1) is 24.6. The second-order valence-corrected chi connectivity index (χ2v) is 8.42. The highest BCUT2D eigenvalue weighted by atomic mass is 16.5. The summed E-state index contributed by atoms with van der Waals surface area (Å²) in [6.45, 7) is 1.93. The lowest BCUT2D eigenvalue weighted by molar-refractivity contribution is -0.147. The molecule has 2 amide bonds. The monoisotopic (exact) mass is 481 g/mol. The van der Waals surface area contributed by atoms with E-state index in [-0.39, 0.29) is 12.3 Å². The molecule has 0 aliphatic carbocycles. The average molecular weight is 482 g/mol. The van der Waals surface area contributed by atoms with Crippen LogP contribution >= 0.6 is 0 Å². The van der Waals surface area contributed by atoms with Crippen LogP contribution in [0, 0.1) is 6.92 Å². The molecule has 1 heterocycles. The SMILES string of the molecule is Cc1ccc(CNC(=O)c2ccccc2NC(=O)COC(=O)CCc2ccc3ccccc3n2)cc1. The summed E-state index contributed by atoms with van der Waals surface area (Å²) in [7, 11) is 0. The molecule has 0 radical (unpaired) electrons. The summed E-state index contributed by atoms with van der Waals surface area (Å²) in [5, 5.41) is 6.55. The van der Waals surface area contributed by atoms with Crippen molar-refractivity contribution >= 4 is 34.4 Å². The Kier molecular flexibility index (Phi) is 8.03. The van der Waals surface area contributed by atoms with Gasteiger partial charge in [-0.25, -0.2) is 0 Å². The quantitative estimate of drug-likeness (QED) is 0.341. The molecule has 3 aromatic carbocycles. The number of benzene rings is 3. The number of aromatic nitrogens is 1. The maximum atomic E-state index is 12.7. The van der Waals surface area contributed by atoms with Crippen molar-refractivity contribution in [3.8, 4) is 0 Å². The largest absolute Gasteiger partial charge is 0.456 e. The summed E-state index contributed by atoms with van der Waals surface area (Å²) in [5.74, 6) is -1.33. The number of aryl methyl sites for hydroxylation is 2. The van der Waals surface area contributed by atoms with Gasteiger partial charge in [-0.3, -0.25) is 19.4 Å². The van der Waals surface area contributed by atoms with Gasteiger partial charge in [0.1, 0.15) is 0 Å². The third kappa shape index (κ3) is 6.76. The number of hydrogen-bond acceptors (Lipinski definition) is 5. The van der Waals surface area contributed by atoms with Gasteiger partial charge < -0.3 is 15.4 Å². The number of anilines is 1. The number of carbonyl (C=O) groups excluding carboxylic acids is 3. The van der Waals surface area contributed by atoms with Crippen LogP contribution in [0.4, 0.5) is 5.69 Å². The number of fused-ring (bicyclic) bond motifs is 1. The summed E-state index contributed by atoms with van der Waals surface area (Å²) >= 11 is 0. The predicted molar refractivity (Wildman–Crippen MR) is 138 cm³/mol. The number of carbonyl (C=O) groups is 3. The molecular formula is C29H27N3O4. The molecule has 0 unspecified atom stereocenters. The van der Waals surface area contributed by atoms with Gasteiger partial charge in [0.15, 0.2) is 6.61 Å². The number of amides is 2. The van der Waals surface area contributed by atoms with Crippen LogP contribution in [0.1, 0.15) is 33.6 Å². The Balaban J connectivity index is 1.25. The highest BCUT2D eigenvalue weighted by Gasteiger charge is 2.14. The van der Waals surface area contributed by atoms with E-state index in [2.05, 4.69) is 15.6 Å². The van der Waals surface area contributed by atoms with Crippen molar-refractivity contribution in [2.75, 3.05) is 11.9 Å². The lowest BCUT2D eigenvalue weighted by Crippen LogP contribution is -2.26. The molecule has 0 aliphatic rings. The van der Waals surface area contributed by atoms with E-state index >= 15 is 0 Å². The third-order valence-electron chi connectivity index (χ3n) is 5.63. The number of ether oxygens (including phenoxy) is 1. The summed E-state index contributed by atoms with van der Waals surface area (Å²) < 4.78 is 5.12. The van der Waals surface area contributed by atoms with Crippen molar-refractivity contribution < 1.29 is 19.1 Å². The van der Waals surface area contributed by atoms with E-state index < -0.39 is 18.5 Å². The lowest BCUT2D eigenvalue weighted by Gasteiger charge is -2.12. The van der Waals surface area contributed by atoms with Crippen LogP contribution in [-0.4, -0.2) is 29.4 Å². The summed E-state index contributed by atoms with van der Waals surface area (Å²) in [6, 6.07) is 26.2. The number of nitrogens with zero attached hydrogens (tertiary/aromatic N) is 1. The number of pyridine rings is 1. The molecule has 0 spiro atoms. The predicted octanol–water partition coefficient (Wildman–Crippen LogP) is 4.59. The van der Waals surface area contributed by atoms with Crippen molar-refractivity contribution in [2.45, 2.75) is 26.3 Å². The van der Waals surface area contributed by atoms with Gasteiger partial charge >= 0.3 is 5.97 Å². The van der Waals surface area contributed by atoms with E-state index in [1.54, 1.807) is 24.3 Å². The number of esters is 1. The van der Waals surface area contributed by atoms with Gasteiger partial charge in [-0.05, 0) is 36.8 Å². The Morgan fingerprint density at radius 3 is 2.44 bits per heavy atom. The topological polar surface area (TPSA) is 97.4 Å². The van der Waals surface area contributed by atoms with E-state index in [1.807, 2.05) is 67.6 Å². The summed E-state index contributed by atoms with van der Waals surface area (Å²) in [5.41, 5.74) is 4.43. The maximum Gasteiger partial charge on any atom is 0.306 e. The van der Waals surface area contributed by atoms with Crippen LogP contribution in [0.5, 0.6) is 0 Å². The summed E-state index contributed by atoms with van der Waals surface area (Å²) in [4.78, 5) is 41.8. The Labute approximate surface area is 209 Å². The number of nitrogens with one attached hydrogen (secondary N) is 2. The zero-order valence-electron chi connectivity index (χ0n) is 20.0. The third-order valence-corrected chi connectivity index (χ3v) is 5.63. The minimum absolute atomic E-state index is 0.108. The fraction of sp³-hybridized carbons (Fsp3) is 0.172.